The molecule has 1 heterocycles. The van der Waals surface area contributed by atoms with Crippen molar-refractivity contribution in [3.63, 3.8) is 0 Å². The molecule has 1 atom stereocenters. The highest BCUT2D eigenvalue weighted by Gasteiger charge is 2.30. The van der Waals surface area contributed by atoms with E-state index in [9.17, 15) is 14.0 Å². The first-order chi connectivity index (χ1) is 9.58. The number of amides is 2. The van der Waals surface area contributed by atoms with Gasteiger partial charge in [0.1, 0.15) is 5.82 Å². The highest BCUT2D eigenvalue weighted by Crippen LogP contribution is 2.16. The van der Waals surface area contributed by atoms with Gasteiger partial charge in [-0.05, 0) is 24.5 Å². The molecule has 0 aliphatic carbocycles. The van der Waals surface area contributed by atoms with Crippen molar-refractivity contribution in [1.82, 2.24) is 10.2 Å². The number of benzene rings is 1. The van der Waals surface area contributed by atoms with Crippen LogP contribution >= 0.6 is 0 Å². The van der Waals surface area contributed by atoms with E-state index < -0.39 is 11.9 Å². The molecule has 1 aromatic carbocycles. The Bertz CT molecular complexity index is 507. The standard InChI is InChI=1S/C14H17FN2O3/c15-12-4-2-1-3-10(12)5-7-16-14(20)17-8-6-11(9-17)13(18)19/h1-4,11H,5-9H2,(H,16,20)(H,18,19). The maximum Gasteiger partial charge on any atom is 0.317 e. The molecule has 1 aliphatic rings. The fourth-order valence-electron chi connectivity index (χ4n) is 2.26. The molecule has 0 spiro atoms. The van der Waals surface area contributed by atoms with Crippen LogP contribution in [0.5, 0.6) is 0 Å². The fourth-order valence-corrected chi connectivity index (χ4v) is 2.26. The third-order valence-electron chi connectivity index (χ3n) is 3.45. The molecule has 5 nitrogen and oxygen atoms in total. The van der Waals surface area contributed by atoms with Crippen LogP contribution in [0.4, 0.5) is 9.18 Å². The molecule has 1 aliphatic heterocycles. The van der Waals surface area contributed by atoms with Crippen LogP contribution in [0.15, 0.2) is 24.3 Å². The molecule has 2 N–H and O–H groups in total. The van der Waals surface area contributed by atoms with E-state index in [-0.39, 0.29) is 18.4 Å². The summed E-state index contributed by atoms with van der Waals surface area (Å²) in [6, 6.07) is 6.14. The zero-order valence-corrected chi connectivity index (χ0v) is 11.0. The molecular weight excluding hydrogens is 263 g/mol. The van der Waals surface area contributed by atoms with Gasteiger partial charge in [-0.15, -0.1) is 0 Å². The first kappa shape index (κ1) is 14.3. The Kier molecular flexibility index (Phi) is 4.55. The summed E-state index contributed by atoms with van der Waals surface area (Å²) < 4.78 is 13.4. The van der Waals surface area contributed by atoms with Crippen molar-refractivity contribution in [2.75, 3.05) is 19.6 Å². The third-order valence-corrected chi connectivity index (χ3v) is 3.45. The van der Waals surface area contributed by atoms with Crippen molar-refractivity contribution in [2.24, 2.45) is 5.92 Å². The molecule has 20 heavy (non-hydrogen) atoms. The number of urea groups is 1. The summed E-state index contributed by atoms with van der Waals surface area (Å²) in [7, 11) is 0. The minimum atomic E-state index is -0.869. The van der Waals surface area contributed by atoms with Gasteiger partial charge in [0.15, 0.2) is 0 Å². The van der Waals surface area contributed by atoms with Gasteiger partial charge in [-0.25, -0.2) is 9.18 Å². The Labute approximate surface area is 116 Å². The smallest absolute Gasteiger partial charge is 0.317 e. The quantitative estimate of drug-likeness (QED) is 0.877. The summed E-state index contributed by atoms with van der Waals surface area (Å²) in [6.07, 6.45) is 0.894. The normalized spacial score (nSPS) is 18.1. The number of carboxylic acids is 1. The van der Waals surface area contributed by atoms with Gasteiger partial charge >= 0.3 is 12.0 Å². The fraction of sp³-hybridized carbons (Fsp3) is 0.429. The predicted molar refractivity (Wildman–Crippen MR) is 70.8 cm³/mol. The minimum absolute atomic E-state index is 0.237. The van der Waals surface area contributed by atoms with Crippen molar-refractivity contribution in [2.45, 2.75) is 12.8 Å². The van der Waals surface area contributed by atoms with Crippen LogP contribution in [0, 0.1) is 11.7 Å². The summed E-state index contributed by atoms with van der Waals surface area (Å²) in [6.45, 7) is 1.01. The Morgan fingerprint density at radius 3 is 2.80 bits per heavy atom. The van der Waals surface area contributed by atoms with Gasteiger partial charge in [-0.2, -0.15) is 0 Å². The molecule has 0 bridgehead atoms. The number of halogens is 1. The topological polar surface area (TPSA) is 69.6 Å². The summed E-state index contributed by atoms with van der Waals surface area (Å²) in [4.78, 5) is 24.1. The van der Waals surface area contributed by atoms with Crippen LogP contribution < -0.4 is 5.32 Å². The first-order valence-corrected chi connectivity index (χ1v) is 6.57. The second-order valence-electron chi connectivity index (χ2n) is 4.84. The number of carbonyl (C=O) groups excluding carboxylic acids is 1. The maximum atomic E-state index is 13.4. The second-order valence-corrected chi connectivity index (χ2v) is 4.84. The van der Waals surface area contributed by atoms with Crippen molar-refractivity contribution in [3.05, 3.63) is 35.6 Å². The van der Waals surface area contributed by atoms with E-state index in [1.807, 2.05) is 0 Å². The first-order valence-electron chi connectivity index (χ1n) is 6.57. The lowest BCUT2D eigenvalue weighted by molar-refractivity contribution is -0.141. The molecule has 2 rings (SSSR count). The highest BCUT2D eigenvalue weighted by molar-refractivity contribution is 5.77. The van der Waals surface area contributed by atoms with Crippen LogP contribution in [-0.4, -0.2) is 41.6 Å². The number of rotatable bonds is 4. The number of nitrogens with zero attached hydrogens (tertiary/aromatic N) is 1. The van der Waals surface area contributed by atoms with Crippen LogP contribution in [-0.2, 0) is 11.2 Å². The molecule has 0 aromatic heterocycles. The summed E-state index contributed by atoms with van der Waals surface area (Å²) in [5.74, 6) is -1.63. The van der Waals surface area contributed by atoms with Gasteiger partial charge in [0.2, 0.25) is 0 Å². The lowest BCUT2D eigenvalue weighted by atomic mass is 10.1. The number of aliphatic carboxylic acids is 1. The van der Waals surface area contributed by atoms with Crippen LogP contribution in [0.2, 0.25) is 0 Å². The molecule has 108 valence electrons. The molecule has 0 saturated carbocycles. The van der Waals surface area contributed by atoms with Crippen LogP contribution in [0.25, 0.3) is 0 Å². The van der Waals surface area contributed by atoms with E-state index in [1.165, 1.54) is 11.0 Å². The van der Waals surface area contributed by atoms with Crippen molar-refractivity contribution < 1.29 is 19.1 Å². The molecule has 1 unspecified atom stereocenters. The highest BCUT2D eigenvalue weighted by atomic mass is 19.1. The van der Waals surface area contributed by atoms with E-state index in [4.69, 9.17) is 5.11 Å². The largest absolute Gasteiger partial charge is 0.481 e. The summed E-state index contributed by atoms with van der Waals surface area (Å²) >= 11 is 0. The van der Waals surface area contributed by atoms with Crippen molar-refractivity contribution >= 4 is 12.0 Å². The minimum Gasteiger partial charge on any atom is -0.481 e. The van der Waals surface area contributed by atoms with Gasteiger partial charge in [-0.3, -0.25) is 4.79 Å². The summed E-state index contributed by atoms with van der Waals surface area (Å²) in [5, 5.41) is 11.6. The Morgan fingerprint density at radius 2 is 2.15 bits per heavy atom. The average molecular weight is 280 g/mol. The van der Waals surface area contributed by atoms with Gasteiger partial charge in [0.05, 0.1) is 5.92 Å². The van der Waals surface area contributed by atoms with E-state index in [1.54, 1.807) is 18.2 Å². The van der Waals surface area contributed by atoms with Gasteiger partial charge < -0.3 is 15.3 Å². The van der Waals surface area contributed by atoms with E-state index in [0.29, 0.717) is 31.5 Å². The Morgan fingerprint density at radius 1 is 1.40 bits per heavy atom. The molecule has 1 saturated heterocycles. The van der Waals surface area contributed by atoms with Crippen LogP contribution in [0.1, 0.15) is 12.0 Å². The SMILES string of the molecule is O=C(O)C1CCN(C(=O)NCCc2ccccc2F)C1. The molecule has 0 radical (unpaired) electrons. The Hall–Kier alpha value is -2.11. The van der Waals surface area contributed by atoms with Crippen molar-refractivity contribution in [1.29, 1.82) is 0 Å². The zero-order valence-electron chi connectivity index (χ0n) is 11.0. The number of carbonyl (C=O) groups is 2. The monoisotopic (exact) mass is 280 g/mol. The van der Waals surface area contributed by atoms with E-state index >= 15 is 0 Å². The zero-order chi connectivity index (χ0) is 14.5. The molecule has 1 fully saturated rings. The molecular formula is C14H17FN2O3. The van der Waals surface area contributed by atoms with Gasteiger partial charge in [0.25, 0.3) is 0 Å². The molecule has 6 heteroatoms. The maximum absolute atomic E-state index is 13.4. The number of likely N-dealkylation sites (tertiary alicyclic amines) is 1. The van der Waals surface area contributed by atoms with E-state index in [0.717, 1.165) is 0 Å². The van der Waals surface area contributed by atoms with Gasteiger partial charge in [-0.1, -0.05) is 18.2 Å². The van der Waals surface area contributed by atoms with Crippen molar-refractivity contribution in [3.8, 4) is 0 Å². The molecule has 2 amide bonds. The third kappa shape index (κ3) is 3.46. The van der Waals surface area contributed by atoms with E-state index in [2.05, 4.69) is 5.32 Å². The number of hydrogen-bond acceptors (Lipinski definition) is 2. The van der Waals surface area contributed by atoms with Crippen LogP contribution in [0.3, 0.4) is 0 Å². The number of carboxylic acid groups (broad SMARTS) is 1. The second kappa shape index (κ2) is 6.36. The lowest BCUT2D eigenvalue weighted by Crippen LogP contribution is -2.39. The van der Waals surface area contributed by atoms with Gasteiger partial charge in [0, 0.05) is 19.6 Å². The lowest BCUT2D eigenvalue weighted by Gasteiger charge is -2.16. The predicted octanol–water partition coefficient (Wildman–Crippen LogP) is 1.48. The Balaban J connectivity index is 1.76. The summed E-state index contributed by atoms with van der Waals surface area (Å²) in [5.41, 5.74) is 0.553. The number of nitrogens with one attached hydrogen (secondary N) is 1. The molecule has 1 aromatic rings. The average Bonchev–Trinajstić information content (AvgIpc) is 2.91. The number of hydrogen-bond donors (Lipinski definition) is 2.